The first-order valence-corrected chi connectivity index (χ1v) is 7.15. The van der Waals surface area contributed by atoms with E-state index in [1.165, 1.54) is 24.8 Å². The highest BCUT2D eigenvalue weighted by atomic mass is 16.5. The molecule has 102 valence electrons. The van der Waals surface area contributed by atoms with Crippen LogP contribution in [0.3, 0.4) is 0 Å². The molecule has 2 nitrogen and oxygen atoms in total. The van der Waals surface area contributed by atoms with E-state index >= 15 is 0 Å². The lowest BCUT2D eigenvalue weighted by atomic mass is 9.91. The number of nitrogens with one attached hydrogen (secondary N) is 1. The molecule has 1 aromatic carbocycles. The van der Waals surface area contributed by atoms with Crippen LogP contribution in [0.2, 0.25) is 0 Å². The molecule has 1 unspecified atom stereocenters. The largest absolute Gasteiger partial charge is 0.494 e. The first-order valence-electron chi connectivity index (χ1n) is 7.15. The zero-order valence-corrected chi connectivity index (χ0v) is 12.2. The molecule has 0 heterocycles. The van der Waals surface area contributed by atoms with Crippen LogP contribution >= 0.6 is 0 Å². The molecule has 0 spiro atoms. The van der Waals surface area contributed by atoms with E-state index < -0.39 is 0 Å². The molecule has 0 saturated heterocycles. The van der Waals surface area contributed by atoms with Crippen LogP contribution in [0.15, 0.2) is 24.3 Å². The van der Waals surface area contributed by atoms with Crippen LogP contribution in [0.25, 0.3) is 0 Å². The van der Waals surface area contributed by atoms with Crippen LogP contribution in [0, 0.1) is 5.92 Å². The Balaban J connectivity index is 2.69. The highest BCUT2D eigenvalue weighted by molar-refractivity contribution is 5.29. The summed E-state index contributed by atoms with van der Waals surface area (Å²) in [7, 11) is 2.05. The van der Waals surface area contributed by atoms with Crippen molar-refractivity contribution in [1.82, 2.24) is 5.32 Å². The van der Waals surface area contributed by atoms with Crippen molar-refractivity contribution < 1.29 is 4.74 Å². The van der Waals surface area contributed by atoms with Crippen molar-refractivity contribution in [1.29, 1.82) is 0 Å². The molecule has 0 aliphatic rings. The summed E-state index contributed by atoms with van der Waals surface area (Å²) in [6.07, 6.45) is 3.72. The Labute approximate surface area is 112 Å². The fraction of sp³-hybridized carbons (Fsp3) is 0.625. The van der Waals surface area contributed by atoms with Gasteiger partial charge in [0.15, 0.2) is 0 Å². The third kappa shape index (κ3) is 4.34. The summed E-state index contributed by atoms with van der Waals surface area (Å²) < 4.78 is 5.48. The number of ether oxygens (including phenoxy) is 1. The second-order valence-corrected chi connectivity index (χ2v) is 4.76. The first kappa shape index (κ1) is 15.0. The second kappa shape index (κ2) is 8.15. The van der Waals surface area contributed by atoms with Gasteiger partial charge >= 0.3 is 0 Å². The summed E-state index contributed by atoms with van der Waals surface area (Å²) >= 11 is 0. The zero-order valence-electron chi connectivity index (χ0n) is 12.2. The summed E-state index contributed by atoms with van der Waals surface area (Å²) in [5, 5.41) is 3.43. The predicted molar refractivity (Wildman–Crippen MR) is 78.1 cm³/mol. The van der Waals surface area contributed by atoms with Gasteiger partial charge in [-0.15, -0.1) is 0 Å². The van der Waals surface area contributed by atoms with Gasteiger partial charge in [0.1, 0.15) is 5.75 Å². The van der Waals surface area contributed by atoms with Gasteiger partial charge in [-0.25, -0.2) is 0 Å². The Morgan fingerprint density at radius 2 is 1.67 bits per heavy atom. The number of hydrogen-bond acceptors (Lipinski definition) is 2. The monoisotopic (exact) mass is 249 g/mol. The van der Waals surface area contributed by atoms with Gasteiger partial charge in [0.2, 0.25) is 0 Å². The van der Waals surface area contributed by atoms with E-state index in [0.717, 1.165) is 18.3 Å². The fourth-order valence-electron chi connectivity index (χ4n) is 2.34. The van der Waals surface area contributed by atoms with Crippen molar-refractivity contribution in [3.63, 3.8) is 0 Å². The van der Waals surface area contributed by atoms with Gasteiger partial charge in [-0.1, -0.05) is 38.8 Å². The minimum Gasteiger partial charge on any atom is -0.494 e. The molecule has 0 bridgehead atoms. The average Bonchev–Trinajstić information content (AvgIpc) is 2.42. The maximum Gasteiger partial charge on any atom is 0.119 e. The number of hydrogen-bond donors (Lipinski definition) is 1. The van der Waals surface area contributed by atoms with Crippen LogP contribution in [-0.4, -0.2) is 13.7 Å². The van der Waals surface area contributed by atoms with Gasteiger partial charge in [0.05, 0.1) is 6.61 Å². The first-order chi connectivity index (χ1) is 8.74. The molecule has 1 rings (SSSR count). The fourth-order valence-corrected chi connectivity index (χ4v) is 2.34. The molecule has 1 aromatic rings. The molecular formula is C16H27NO. The smallest absolute Gasteiger partial charge is 0.119 e. The van der Waals surface area contributed by atoms with Crippen molar-refractivity contribution in [3.8, 4) is 5.75 Å². The average molecular weight is 249 g/mol. The Bertz CT molecular complexity index is 316. The number of rotatable bonds is 8. The Morgan fingerprint density at radius 3 is 2.11 bits per heavy atom. The second-order valence-electron chi connectivity index (χ2n) is 4.76. The normalized spacial score (nSPS) is 12.7. The molecule has 2 heteroatoms. The molecule has 0 saturated carbocycles. The molecular weight excluding hydrogens is 222 g/mol. The van der Waals surface area contributed by atoms with Crippen LogP contribution in [-0.2, 0) is 0 Å². The third-order valence-electron chi connectivity index (χ3n) is 3.67. The van der Waals surface area contributed by atoms with Crippen molar-refractivity contribution in [2.24, 2.45) is 5.92 Å². The van der Waals surface area contributed by atoms with E-state index in [0.29, 0.717) is 6.04 Å². The van der Waals surface area contributed by atoms with Crippen LogP contribution < -0.4 is 10.1 Å². The van der Waals surface area contributed by atoms with Crippen molar-refractivity contribution in [2.45, 2.75) is 46.1 Å². The Hall–Kier alpha value is -1.02. The zero-order chi connectivity index (χ0) is 13.4. The van der Waals surface area contributed by atoms with Gasteiger partial charge in [0.25, 0.3) is 0 Å². The van der Waals surface area contributed by atoms with Gasteiger partial charge in [-0.2, -0.15) is 0 Å². The van der Waals surface area contributed by atoms with Crippen LogP contribution in [0.1, 0.15) is 51.6 Å². The summed E-state index contributed by atoms with van der Waals surface area (Å²) in [4.78, 5) is 0. The molecule has 18 heavy (non-hydrogen) atoms. The molecule has 1 atom stereocenters. The summed E-state index contributed by atoms with van der Waals surface area (Å²) in [6, 6.07) is 8.93. The van der Waals surface area contributed by atoms with Gasteiger partial charge in [0, 0.05) is 6.04 Å². The highest BCUT2D eigenvalue weighted by Gasteiger charge is 2.14. The predicted octanol–water partition coefficient (Wildman–Crippen LogP) is 4.17. The van der Waals surface area contributed by atoms with E-state index in [9.17, 15) is 0 Å². The molecule has 1 N–H and O–H groups in total. The molecule has 0 amide bonds. The molecule has 0 aliphatic heterocycles. The maximum absolute atomic E-state index is 5.48. The standard InChI is InChI=1S/C16H27NO/c1-5-13(6-2)12-16(17-4)14-8-10-15(11-9-14)18-7-3/h8-11,13,16-17H,5-7,12H2,1-4H3. The van der Waals surface area contributed by atoms with Gasteiger partial charge in [-0.05, 0) is 44.0 Å². The summed E-state index contributed by atoms with van der Waals surface area (Å²) in [6.45, 7) is 7.29. The SMILES string of the molecule is CCOc1ccc(C(CC(CC)CC)NC)cc1. The molecule has 0 aliphatic carbocycles. The van der Waals surface area contributed by atoms with Crippen LogP contribution in [0.5, 0.6) is 5.75 Å². The summed E-state index contributed by atoms with van der Waals surface area (Å²) in [5.41, 5.74) is 1.35. The van der Waals surface area contributed by atoms with E-state index in [4.69, 9.17) is 4.74 Å². The minimum absolute atomic E-state index is 0.450. The Morgan fingerprint density at radius 1 is 1.06 bits per heavy atom. The topological polar surface area (TPSA) is 21.3 Å². The van der Waals surface area contributed by atoms with Gasteiger partial charge < -0.3 is 10.1 Å². The summed E-state index contributed by atoms with van der Waals surface area (Å²) in [5.74, 6) is 1.76. The quantitative estimate of drug-likeness (QED) is 0.746. The van der Waals surface area contributed by atoms with E-state index in [-0.39, 0.29) is 0 Å². The lowest BCUT2D eigenvalue weighted by Crippen LogP contribution is -2.19. The third-order valence-corrected chi connectivity index (χ3v) is 3.67. The highest BCUT2D eigenvalue weighted by Crippen LogP contribution is 2.26. The van der Waals surface area contributed by atoms with Crippen LogP contribution in [0.4, 0.5) is 0 Å². The Kier molecular flexibility index (Phi) is 6.81. The molecule has 0 fully saturated rings. The maximum atomic E-state index is 5.48. The number of benzene rings is 1. The minimum atomic E-state index is 0.450. The van der Waals surface area contributed by atoms with E-state index in [1.807, 2.05) is 14.0 Å². The molecule has 0 aromatic heterocycles. The van der Waals surface area contributed by atoms with Gasteiger partial charge in [-0.3, -0.25) is 0 Å². The van der Waals surface area contributed by atoms with Crippen molar-refractivity contribution in [2.75, 3.05) is 13.7 Å². The lowest BCUT2D eigenvalue weighted by Gasteiger charge is -2.22. The lowest BCUT2D eigenvalue weighted by molar-refractivity contribution is 0.339. The van der Waals surface area contributed by atoms with Crippen molar-refractivity contribution in [3.05, 3.63) is 29.8 Å². The van der Waals surface area contributed by atoms with Crippen molar-refractivity contribution >= 4 is 0 Å². The van der Waals surface area contributed by atoms with E-state index in [1.54, 1.807) is 0 Å². The van der Waals surface area contributed by atoms with E-state index in [2.05, 4.69) is 43.4 Å². The molecule has 0 radical (unpaired) electrons.